The van der Waals surface area contributed by atoms with Crippen LogP contribution in [-0.2, 0) is 6.54 Å². The van der Waals surface area contributed by atoms with E-state index in [1.807, 2.05) is 0 Å². The smallest absolute Gasteiger partial charge is 0.240 e. The van der Waals surface area contributed by atoms with E-state index in [2.05, 4.69) is 20.3 Å². The molecule has 0 aliphatic heterocycles. The Bertz CT molecular complexity index is 965. The molecule has 158 valence electrons. The van der Waals surface area contributed by atoms with Crippen molar-refractivity contribution in [2.24, 2.45) is 5.92 Å². The molecule has 0 radical (unpaired) electrons. The van der Waals surface area contributed by atoms with Gasteiger partial charge in [-0.3, -0.25) is 0 Å². The van der Waals surface area contributed by atoms with Gasteiger partial charge in [0.25, 0.3) is 0 Å². The summed E-state index contributed by atoms with van der Waals surface area (Å²) in [5, 5.41) is 3.30. The lowest BCUT2D eigenvalue weighted by Gasteiger charge is -2.13. The summed E-state index contributed by atoms with van der Waals surface area (Å²) in [7, 11) is 0. The van der Waals surface area contributed by atoms with Crippen molar-refractivity contribution in [1.29, 1.82) is 0 Å². The van der Waals surface area contributed by atoms with Gasteiger partial charge < -0.3 is 9.88 Å². The van der Waals surface area contributed by atoms with E-state index >= 15 is 0 Å². The van der Waals surface area contributed by atoms with Crippen molar-refractivity contribution in [3.05, 3.63) is 48.7 Å². The van der Waals surface area contributed by atoms with Crippen molar-refractivity contribution >= 4 is 5.95 Å². The van der Waals surface area contributed by atoms with Gasteiger partial charge in [0.05, 0.1) is 23.4 Å². The molecule has 1 aromatic carbocycles. The second kappa shape index (κ2) is 9.28. The van der Waals surface area contributed by atoms with Crippen LogP contribution in [0.15, 0.2) is 42.9 Å². The standard InChI is InChI=1S/C22H24F3N5/c23-17-7-5-16(6-8-17)20-21(30(14-28-20)12-10-19(24)25)18-9-11-26-22(29-18)27-13-15-3-1-2-4-15/h5-9,11,14-15,19H,1-4,10,12-13H2,(H,26,27,29). The zero-order valence-corrected chi connectivity index (χ0v) is 16.6. The number of aromatic nitrogens is 4. The quantitative estimate of drug-likeness (QED) is 0.535. The number of imidazole rings is 1. The number of halogens is 3. The molecule has 30 heavy (non-hydrogen) atoms. The Morgan fingerprint density at radius 1 is 1.07 bits per heavy atom. The topological polar surface area (TPSA) is 55.6 Å². The lowest BCUT2D eigenvalue weighted by molar-refractivity contribution is 0.131. The Balaban J connectivity index is 1.65. The largest absolute Gasteiger partial charge is 0.354 e. The third kappa shape index (κ3) is 4.80. The Kier molecular flexibility index (Phi) is 6.30. The predicted molar refractivity (Wildman–Crippen MR) is 110 cm³/mol. The first-order valence-electron chi connectivity index (χ1n) is 10.3. The van der Waals surface area contributed by atoms with Gasteiger partial charge in [-0.2, -0.15) is 0 Å². The molecule has 1 aliphatic rings. The molecule has 4 rings (SSSR count). The minimum Gasteiger partial charge on any atom is -0.354 e. The van der Waals surface area contributed by atoms with Crippen LogP contribution in [0.2, 0.25) is 0 Å². The van der Waals surface area contributed by atoms with Crippen molar-refractivity contribution in [2.75, 3.05) is 11.9 Å². The number of nitrogens with one attached hydrogen (secondary N) is 1. The summed E-state index contributed by atoms with van der Waals surface area (Å²) in [6.07, 6.45) is 5.43. The van der Waals surface area contributed by atoms with E-state index in [-0.39, 0.29) is 18.8 Å². The second-order valence-corrected chi connectivity index (χ2v) is 7.62. The number of anilines is 1. The maximum Gasteiger partial charge on any atom is 0.240 e. The van der Waals surface area contributed by atoms with E-state index in [4.69, 9.17) is 0 Å². The minimum atomic E-state index is -2.41. The van der Waals surface area contributed by atoms with E-state index in [1.165, 1.54) is 44.1 Å². The second-order valence-electron chi connectivity index (χ2n) is 7.62. The molecule has 1 fully saturated rings. The fourth-order valence-corrected chi connectivity index (χ4v) is 3.90. The van der Waals surface area contributed by atoms with Gasteiger partial charge >= 0.3 is 0 Å². The van der Waals surface area contributed by atoms with Gasteiger partial charge in [-0.15, -0.1) is 0 Å². The highest BCUT2D eigenvalue weighted by atomic mass is 19.3. The van der Waals surface area contributed by atoms with E-state index in [0.29, 0.717) is 34.5 Å². The summed E-state index contributed by atoms with van der Waals surface area (Å²) in [6.45, 7) is 0.926. The molecule has 2 aromatic heterocycles. The molecule has 0 spiro atoms. The molecule has 5 nitrogen and oxygen atoms in total. The molecule has 2 heterocycles. The molecule has 0 atom stereocenters. The maximum atomic E-state index is 13.4. The third-order valence-corrected chi connectivity index (χ3v) is 5.47. The molecule has 3 aromatic rings. The zero-order chi connectivity index (χ0) is 20.9. The molecule has 1 aliphatic carbocycles. The number of benzene rings is 1. The van der Waals surface area contributed by atoms with Gasteiger partial charge in [-0.25, -0.2) is 28.1 Å². The van der Waals surface area contributed by atoms with Crippen molar-refractivity contribution < 1.29 is 13.2 Å². The molecule has 8 heteroatoms. The number of alkyl halides is 2. The molecule has 1 N–H and O–H groups in total. The monoisotopic (exact) mass is 415 g/mol. The average Bonchev–Trinajstić information content (AvgIpc) is 3.41. The Morgan fingerprint density at radius 3 is 2.57 bits per heavy atom. The summed E-state index contributed by atoms with van der Waals surface area (Å²) in [4.78, 5) is 13.4. The Labute approximate surface area is 173 Å². The molecule has 0 saturated heterocycles. The van der Waals surface area contributed by atoms with E-state index in [9.17, 15) is 13.2 Å². The minimum absolute atomic E-state index is 0.107. The van der Waals surface area contributed by atoms with Crippen LogP contribution in [0, 0.1) is 11.7 Å². The first-order valence-corrected chi connectivity index (χ1v) is 10.3. The maximum absolute atomic E-state index is 13.4. The molecular weight excluding hydrogens is 391 g/mol. The summed E-state index contributed by atoms with van der Waals surface area (Å²) >= 11 is 0. The van der Waals surface area contributed by atoms with Crippen LogP contribution in [0.25, 0.3) is 22.6 Å². The lowest BCUT2D eigenvalue weighted by Crippen LogP contribution is -2.13. The Hall–Kier alpha value is -2.90. The predicted octanol–water partition coefficient (Wildman–Crippen LogP) is 5.40. The number of aryl methyl sites for hydroxylation is 1. The lowest BCUT2D eigenvalue weighted by atomic mass is 10.1. The third-order valence-electron chi connectivity index (χ3n) is 5.47. The summed E-state index contributed by atoms with van der Waals surface area (Å²) in [6, 6.07) is 7.69. The van der Waals surface area contributed by atoms with Crippen molar-refractivity contribution in [3.63, 3.8) is 0 Å². The molecule has 0 amide bonds. The van der Waals surface area contributed by atoms with Gasteiger partial charge in [0.15, 0.2) is 0 Å². The van der Waals surface area contributed by atoms with Gasteiger partial charge in [-0.1, -0.05) is 12.8 Å². The van der Waals surface area contributed by atoms with Crippen LogP contribution in [-0.4, -0.2) is 32.5 Å². The van der Waals surface area contributed by atoms with Crippen LogP contribution in [0.5, 0.6) is 0 Å². The summed E-state index contributed by atoms with van der Waals surface area (Å²) < 4.78 is 40.7. The number of nitrogens with zero attached hydrogens (tertiary/aromatic N) is 4. The SMILES string of the molecule is Fc1ccc(-c2ncn(CCC(F)F)c2-c2ccnc(NCC3CCCC3)n2)cc1. The van der Waals surface area contributed by atoms with Crippen molar-refractivity contribution in [1.82, 2.24) is 19.5 Å². The summed E-state index contributed by atoms with van der Waals surface area (Å²) in [5.74, 6) is 0.785. The van der Waals surface area contributed by atoms with E-state index in [0.717, 1.165) is 6.54 Å². The van der Waals surface area contributed by atoms with Gasteiger partial charge in [0.1, 0.15) is 5.82 Å². The highest BCUT2D eigenvalue weighted by Gasteiger charge is 2.19. The van der Waals surface area contributed by atoms with Crippen LogP contribution in [0.1, 0.15) is 32.1 Å². The van der Waals surface area contributed by atoms with Crippen molar-refractivity contribution in [2.45, 2.75) is 45.1 Å². The average molecular weight is 415 g/mol. The van der Waals surface area contributed by atoms with E-state index in [1.54, 1.807) is 29.0 Å². The summed E-state index contributed by atoms with van der Waals surface area (Å²) in [5.41, 5.74) is 2.48. The number of hydrogen-bond donors (Lipinski definition) is 1. The highest BCUT2D eigenvalue weighted by Crippen LogP contribution is 2.31. The fraction of sp³-hybridized carbons (Fsp3) is 0.409. The number of hydrogen-bond acceptors (Lipinski definition) is 4. The van der Waals surface area contributed by atoms with Crippen LogP contribution < -0.4 is 5.32 Å². The Morgan fingerprint density at radius 2 is 1.83 bits per heavy atom. The molecule has 1 saturated carbocycles. The molecular formula is C22H24F3N5. The molecule has 0 bridgehead atoms. The van der Waals surface area contributed by atoms with Gasteiger partial charge in [-0.05, 0) is 49.1 Å². The van der Waals surface area contributed by atoms with Crippen LogP contribution >= 0.6 is 0 Å². The normalized spacial score (nSPS) is 14.5. The first-order chi connectivity index (χ1) is 14.6. The first kappa shape index (κ1) is 20.4. The van der Waals surface area contributed by atoms with Crippen molar-refractivity contribution in [3.8, 4) is 22.6 Å². The van der Waals surface area contributed by atoms with Crippen LogP contribution in [0.3, 0.4) is 0 Å². The van der Waals surface area contributed by atoms with Crippen LogP contribution in [0.4, 0.5) is 19.1 Å². The molecule has 0 unspecified atom stereocenters. The van der Waals surface area contributed by atoms with E-state index < -0.39 is 6.43 Å². The fourth-order valence-electron chi connectivity index (χ4n) is 3.90. The number of rotatable bonds is 8. The highest BCUT2D eigenvalue weighted by molar-refractivity contribution is 5.77. The zero-order valence-electron chi connectivity index (χ0n) is 16.6. The van der Waals surface area contributed by atoms with Gasteiger partial charge in [0, 0.05) is 31.3 Å². The van der Waals surface area contributed by atoms with Gasteiger partial charge in [0.2, 0.25) is 12.4 Å².